The lowest BCUT2D eigenvalue weighted by molar-refractivity contribution is -0.143. The first kappa shape index (κ1) is 11.0. The molecule has 0 bridgehead atoms. The van der Waals surface area contributed by atoms with Gasteiger partial charge in [0, 0.05) is 38.3 Å². The summed E-state index contributed by atoms with van der Waals surface area (Å²) in [6.07, 6.45) is 4.99. The maximum Gasteiger partial charge on any atom is 0.230 e. The molecule has 2 saturated heterocycles. The molecule has 92 valence electrons. The molecule has 1 amide bonds. The fraction of sp³-hybridized carbons (Fsp3) is 0.667. The van der Waals surface area contributed by atoms with E-state index in [-0.39, 0.29) is 5.41 Å². The zero-order valence-electron chi connectivity index (χ0n) is 10.1. The number of thiazole rings is 1. The van der Waals surface area contributed by atoms with Crippen LogP contribution in [0.15, 0.2) is 11.6 Å². The molecule has 0 N–H and O–H groups in total. The Morgan fingerprint density at radius 2 is 2.29 bits per heavy atom. The van der Waals surface area contributed by atoms with Crippen LogP contribution in [0.1, 0.15) is 19.3 Å². The number of nitrogens with zero attached hydrogens (tertiary/aromatic N) is 3. The van der Waals surface area contributed by atoms with Crippen LogP contribution < -0.4 is 4.90 Å². The van der Waals surface area contributed by atoms with E-state index < -0.39 is 0 Å². The van der Waals surface area contributed by atoms with Gasteiger partial charge in [0.2, 0.25) is 5.91 Å². The van der Waals surface area contributed by atoms with Gasteiger partial charge in [0.15, 0.2) is 5.13 Å². The van der Waals surface area contributed by atoms with E-state index in [0.29, 0.717) is 5.91 Å². The smallest absolute Gasteiger partial charge is 0.230 e. The van der Waals surface area contributed by atoms with Gasteiger partial charge in [0.1, 0.15) is 0 Å². The molecule has 1 aromatic rings. The molecule has 1 unspecified atom stereocenters. The highest BCUT2D eigenvalue weighted by Crippen LogP contribution is 2.41. The summed E-state index contributed by atoms with van der Waals surface area (Å²) >= 11 is 1.66. The van der Waals surface area contributed by atoms with Gasteiger partial charge in [0.25, 0.3) is 0 Å². The van der Waals surface area contributed by atoms with Crippen molar-refractivity contribution in [2.45, 2.75) is 19.3 Å². The summed E-state index contributed by atoms with van der Waals surface area (Å²) < 4.78 is 0. The van der Waals surface area contributed by atoms with Crippen LogP contribution >= 0.6 is 11.3 Å². The van der Waals surface area contributed by atoms with E-state index in [2.05, 4.69) is 9.88 Å². The molecule has 1 aromatic heterocycles. The molecule has 3 rings (SSSR count). The third-order valence-electron chi connectivity index (χ3n) is 3.99. The highest BCUT2D eigenvalue weighted by molar-refractivity contribution is 7.13. The molecule has 0 aliphatic carbocycles. The molecule has 0 radical (unpaired) electrons. The van der Waals surface area contributed by atoms with Crippen LogP contribution in [0.2, 0.25) is 0 Å². The summed E-state index contributed by atoms with van der Waals surface area (Å²) in [6.45, 7) is 2.73. The van der Waals surface area contributed by atoms with Crippen LogP contribution in [-0.2, 0) is 4.79 Å². The average Bonchev–Trinajstić information content (AvgIpc) is 2.95. The molecule has 5 heteroatoms. The van der Waals surface area contributed by atoms with E-state index in [1.165, 1.54) is 0 Å². The van der Waals surface area contributed by atoms with Gasteiger partial charge in [0.05, 0.1) is 5.41 Å². The van der Waals surface area contributed by atoms with Gasteiger partial charge in [-0.25, -0.2) is 4.98 Å². The number of amides is 1. The van der Waals surface area contributed by atoms with Crippen molar-refractivity contribution >= 4 is 22.4 Å². The molecule has 2 aliphatic heterocycles. The van der Waals surface area contributed by atoms with Gasteiger partial charge < -0.3 is 9.80 Å². The maximum absolute atomic E-state index is 12.3. The van der Waals surface area contributed by atoms with Gasteiger partial charge in [-0.15, -0.1) is 11.3 Å². The number of piperidine rings is 1. The predicted octanol–water partition coefficient (Wildman–Crippen LogP) is 1.59. The third kappa shape index (κ3) is 1.73. The molecule has 1 atom stereocenters. The fourth-order valence-corrected chi connectivity index (χ4v) is 3.72. The van der Waals surface area contributed by atoms with Gasteiger partial charge in [-0.05, 0) is 19.3 Å². The summed E-state index contributed by atoms with van der Waals surface area (Å²) in [5.74, 6) is 0.336. The first-order valence-electron chi connectivity index (χ1n) is 6.11. The summed E-state index contributed by atoms with van der Waals surface area (Å²) in [7, 11) is 1.93. The molecule has 17 heavy (non-hydrogen) atoms. The molecule has 2 aliphatic rings. The van der Waals surface area contributed by atoms with Crippen LogP contribution in [0.3, 0.4) is 0 Å². The Balaban J connectivity index is 1.80. The van der Waals surface area contributed by atoms with Crippen molar-refractivity contribution in [1.82, 2.24) is 9.88 Å². The number of hydrogen-bond donors (Lipinski definition) is 0. The van der Waals surface area contributed by atoms with Crippen molar-refractivity contribution in [2.75, 3.05) is 31.6 Å². The van der Waals surface area contributed by atoms with Crippen LogP contribution in [0, 0.1) is 5.41 Å². The Kier molecular flexibility index (Phi) is 2.58. The van der Waals surface area contributed by atoms with Gasteiger partial charge in [-0.2, -0.15) is 0 Å². The summed E-state index contributed by atoms with van der Waals surface area (Å²) in [5, 5.41) is 3.05. The Morgan fingerprint density at radius 1 is 1.41 bits per heavy atom. The van der Waals surface area contributed by atoms with Gasteiger partial charge in [-0.3, -0.25) is 4.79 Å². The number of anilines is 1. The van der Waals surface area contributed by atoms with E-state index >= 15 is 0 Å². The van der Waals surface area contributed by atoms with Crippen LogP contribution in [-0.4, -0.2) is 42.5 Å². The SMILES string of the molecule is CN1CCCC2(CCN(c3nccs3)C2)C1=O. The predicted molar refractivity (Wildman–Crippen MR) is 68.2 cm³/mol. The number of carbonyl (C=O) groups is 1. The molecular weight excluding hydrogens is 234 g/mol. The maximum atomic E-state index is 12.3. The first-order chi connectivity index (χ1) is 8.21. The summed E-state index contributed by atoms with van der Waals surface area (Å²) in [6, 6.07) is 0. The highest BCUT2D eigenvalue weighted by atomic mass is 32.1. The van der Waals surface area contributed by atoms with Crippen molar-refractivity contribution in [3.8, 4) is 0 Å². The highest BCUT2D eigenvalue weighted by Gasteiger charge is 2.47. The second kappa shape index (κ2) is 3.98. The van der Waals surface area contributed by atoms with Crippen molar-refractivity contribution in [2.24, 2.45) is 5.41 Å². The van der Waals surface area contributed by atoms with Crippen molar-refractivity contribution in [1.29, 1.82) is 0 Å². The average molecular weight is 251 g/mol. The summed E-state index contributed by atoms with van der Waals surface area (Å²) in [4.78, 5) is 20.8. The fourth-order valence-electron chi connectivity index (χ4n) is 3.05. The normalized spacial score (nSPS) is 29.4. The third-order valence-corrected chi connectivity index (χ3v) is 4.83. The molecule has 2 fully saturated rings. The number of rotatable bonds is 1. The lowest BCUT2D eigenvalue weighted by Gasteiger charge is -2.37. The second-order valence-corrected chi connectivity index (χ2v) is 5.97. The minimum Gasteiger partial charge on any atom is -0.347 e. The molecule has 4 nitrogen and oxygen atoms in total. The number of aromatic nitrogens is 1. The zero-order chi connectivity index (χ0) is 11.9. The zero-order valence-corrected chi connectivity index (χ0v) is 10.9. The minimum atomic E-state index is -0.126. The topological polar surface area (TPSA) is 36.4 Å². The molecule has 1 spiro atoms. The lowest BCUT2D eigenvalue weighted by Crippen LogP contribution is -2.48. The molecular formula is C12H17N3OS. The Bertz CT molecular complexity index is 419. The first-order valence-corrected chi connectivity index (χ1v) is 6.99. The standard InChI is InChI=1S/C12H17N3OS/c1-14-6-2-3-12(10(14)16)4-7-15(9-12)11-13-5-8-17-11/h5,8H,2-4,6-7,9H2,1H3. The molecule has 0 saturated carbocycles. The molecule has 3 heterocycles. The Labute approximate surface area is 105 Å². The number of hydrogen-bond acceptors (Lipinski definition) is 4. The van der Waals surface area contributed by atoms with E-state index in [1.807, 2.05) is 23.5 Å². The van der Waals surface area contributed by atoms with Crippen molar-refractivity contribution in [3.05, 3.63) is 11.6 Å². The van der Waals surface area contributed by atoms with E-state index in [9.17, 15) is 4.79 Å². The van der Waals surface area contributed by atoms with Crippen molar-refractivity contribution < 1.29 is 4.79 Å². The number of likely N-dealkylation sites (tertiary alicyclic amines) is 1. The monoisotopic (exact) mass is 251 g/mol. The van der Waals surface area contributed by atoms with E-state index in [4.69, 9.17) is 0 Å². The van der Waals surface area contributed by atoms with Crippen LogP contribution in [0.25, 0.3) is 0 Å². The Morgan fingerprint density at radius 3 is 3.06 bits per heavy atom. The Hall–Kier alpha value is -1.10. The van der Waals surface area contributed by atoms with Crippen LogP contribution in [0.5, 0.6) is 0 Å². The summed E-state index contributed by atoms with van der Waals surface area (Å²) in [5.41, 5.74) is -0.126. The van der Waals surface area contributed by atoms with Gasteiger partial charge >= 0.3 is 0 Å². The van der Waals surface area contributed by atoms with E-state index in [0.717, 1.165) is 44.0 Å². The van der Waals surface area contributed by atoms with E-state index in [1.54, 1.807) is 11.3 Å². The lowest BCUT2D eigenvalue weighted by atomic mass is 9.78. The van der Waals surface area contributed by atoms with Gasteiger partial charge in [-0.1, -0.05) is 0 Å². The van der Waals surface area contributed by atoms with Crippen LogP contribution in [0.4, 0.5) is 5.13 Å². The second-order valence-electron chi connectivity index (χ2n) is 5.10. The largest absolute Gasteiger partial charge is 0.347 e. The minimum absolute atomic E-state index is 0.126. The quantitative estimate of drug-likeness (QED) is 0.760. The number of carbonyl (C=O) groups excluding carboxylic acids is 1. The van der Waals surface area contributed by atoms with Crippen molar-refractivity contribution in [3.63, 3.8) is 0 Å². The molecule has 0 aromatic carbocycles.